The van der Waals surface area contributed by atoms with Gasteiger partial charge in [0.2, 0.25) is 5.91 Å². The van der Waals surface area contributed by atoms with Crippen LogP contribution in [0.15, 0.2) is 48.8 Å². The first-order valence-corrected chi connectivity index (χ1v) is 8.13. The lowest BCUT2D eigenvalue weighted by molar-refractivity contribution is -0.116. The molecule has 1 aliphatic heterocycles. The summed E-state index contributed by atoms with van der Waals surface area (Å²) in [5.41, 5.74) is 5.55. The summed E-state index contributed by atoms with van der Waals surface area (Å²) in [7, 11) is 0. The lowest BCUT2D eigenvalue weighted by Gasteiger charge is -2.23. The molecule has 0 bridgehead atoms. The number of aromatic nitrogens is 3. The fraction of sp³-hybridized carbons (Fsp3) is 0.211. The molecule has 1 aliphatic rings. The van der Waals surface area contributed by atoms with Gasteiger partial charge in [-0.15, -0.1) is 0 Å². The molecule has 24 heavy (non-hydrogen) atoms. The Bertz CT molecular complexity index is 868. The van der Waals surface area contributed by atoms with Gasteiger partial charge in [-0.3, -0.25) is 14.9 Å². The molecule has 4 rings (SSSR count). The number of nitrogens with zero attached hydrogens (tertiary/aromatic N) is 2. The van der Waals surface area contributed by atoms with Crippen LogP contribution >= 0.6 is 0 Å². The Labute approximate surface area is 140 Å². The minimum atomic E-state index is 0.0120. The molecule has 1 unspecified atom stereocenters. The van der Waals surface area contributed by atoms with E-state index in [-0.39, 0.29) is 11.8 Å². The number of aryl methyl sites for hydroxylation is 1. The number of carbonyl (C=O) groups excluding carboxylic acids is 1. The first-order chi connectivity index (χ1) is 11.8. The van der Waals surface area contributed by atoms with Crippen molar-refractivity contribution in [2.24, 2.45) is 0 Å². The molecule has 0 fully saturated rings. The zero-order valence-electron chi connectivity index (χ0n) is 13.4. The number of hydrogen-bond acceptors (Lipinski definition) is 3. The molecule has 0 saturated heterocycles. The van der Waals surface area contributed by atoms with Crippen LogP contribution in [0.1, 0.15) is 36.1 Å². The molecular weight excluding hydrogens is 300 g/mol. The topological polar surface area (TPSA) is 70.7 Å². The second-order valence-electron chi connectivity index (χ2n) is 5.99. The molecule has 3 aromatic rings. The van der Waals surface area contributed by atoms with Crippen molar-refractivity contribution in [3.05, 3.63) is 65.6 Å². The Morgan fingerprint density at radius 1 is 1.17 bits per heavy atom. The van der Waals surface area contributed by atoms with Crippen molar-refractivity contribution >= 4 is 11.7 Å². The fourth-order valence-corrected chi connectivity index (χ4v) is 3.32. The predicted octanol–water partition coefficient (Wildman–Crippen LogP) is 3.51. The average molecular weight is 318 g/mol. The molecule has 0 spiro atoms. The van der Waals surface area contributed by atoms with Gasteiger partial charge in [-0.25, -0.2) is 0 Å². The van der Waals surface area contributed by atoms with Crippen LogP contribution in [0.2, 0.25) is 0 Å². The molecule has 0 aliphatic carbocycles. The van der Waals surface area contributed by atoms with Gasteiger partial charge in [0.25, 0.3) is 0 Å². The van der Waals surface area contributed by atoms with E-state index < -0.39 is 0 Å². The number of carbonyl (C=O) groups is 1. The molecule has 2 aromatic heterocycles. The third-order valence-corrected chi connectivity index (χ3v) is 4.54. The normalized spacial score (nSPS) is 16.5. The molecule has 0 saturated carbocycles. The zero-order chi connectivity index (χ0) is 16.5. The number of hydrogen-bond donors (Lipinski definition) is 2. The van der Waals surface area contributed by atoms with E-state index in [0.717, 1.165) is 34.4 Å². The highest BCUT2D eigenvalue weighted by Gasteiger charge is 2.30. The maximum Gasteiger partial charge on any atom is 0.226 e. The Morgan fingerprint density at radius 3 is 2.71 bits per heavy atom. The van der Waals surface area contributed by atoms with Crippen LogP contribution in [-0.2, 0) is 11.2 Å². The van der Waals surface area contributed by atoms with E-state index in [1.54, 1.807) is 6.20 Å². The average Bonchev–Trinajstić information content (AvgIpc) is 3.05. The van der Waals surface area contributed by atoms with E-state index in [1.165, 1.54) is 0 Å². The first-order valence-electron chi connectivity index (χ1n) is 8.13. The lowest BCUT2D eigenvalue weighted by Crippen LogP contribution is -2.23. The molecule has 1 aromatic carbocycles. The van der Waals surface area contributed by atoms with Crippen LogP contribution in [0.4, 0.5) is 5.82 Å². The molecule has 120 valence electrons. The number of fused-ring (bicyclic) bond motifs is 1. The van der Waals surface area contributed by atoms with E-state index in [4.69, 9.17) is 0 Å². The summed E-state index contributed by atoms with van der Waals surface area (Å²) in [4.78, 5) is 16.2. The van der Waals surface area contributed by atoms with Gasteiger partial charge in [0, 0.05) is 36.0 Å². The second kappa shape index (κ2) is 5.92. The standard InChI is InChI=1S/C19H18N4O/c1-2-16-18-15(10-17(24)21-19(18)23-22-16)13-7-5-12(6-8-13)14-4-3-9-20-11-14/h3-9,11,15H,2,10H2,1H3,(H2,21,22,23,24). The van der Waals surface area contributed by atoms with Gasteiger partial charge in [0.05, 0.1) is 0 Å². The van der Waals surface area contributed by atoms with Crippen LogP contribution in [-0.4, -0.2) is 21.1 Å². The van der Waals surface area contributed by atoms with Gasteiger partial charge < -0.3 is 5.32 Å². The number of benzene rings is 1. The van der Waals surface area contributed by atoms with Crippen LogP contribution in [0.3, 0.4) is 0 Å². The van der Waals surface area contributed by atoms with E-state index in [0.29, 0.717) is 12.2 Å². The largest absolute Gasteiger partial charge is 0.309 e. The molecule has 5 nitrogen and oxygen atoms in total. The summed E-state index contributed by atoms with van der Waals surface area (Å²) < 4.78 is 0. The minimum Gasteiger partial charge on any atom is -0.309 e. The Morgan fingerprint density at radius 2 is 2.00 bits per heavy atom. The summed E-state index contributed by atoms with van der Waals surface area (Å²) >= 11 is 0. The van der Waals surface area contributed by atoms with Crippen molar-refractivity contribution in [3.8, 4) is 11.1 Å². The van der Waals surface area contributed by atoms with Crippen molar-refractivity contribution < 1.29 is 4.79 Å². The maximum atomic E-state index is 12.0. The minimum absolute atomic E-state index is 0.0120. The van der Waals surface area contributed by atoms with Crippen molar-refractivity contribution in [3.63, 3.8) is 0 Å². The third kappa shape index (κ3) is 2.48. The van der Waals surface area contributed by atoms with Gasteiger partial charge in [0.15, 0.2) is 5.82 Å². The van der Waals surface area contributed by atoms with Crippen molar-refractivity contribution in [2.75, 3.05) is 5.32 Å². The zero-order valence-corrected chi connectivity index (χ0v) is 13.4. The monoisotopic (exact) mass is 318 g/mol. The van der Waals surface area contributed by atoms with Gasteiger partial charge in [0.1, 0.15) is 0 Å². The molecular formula is C19H18N4O. The third-order valence-electron chi connectivity index (χ3n) is 4.54. The van der Waals surface area contributed by atoms with Crippen molar-refractivity contribution in [2.45, 2.75) is 25.7 Å². The molecule has 0 radical (unpaired) electrons. The second-order valence-corrected chi connectivity index (χ2v) is 5.99. The summed E-state index contributed by atoms with van der Waals surface area (Å²) in [5, 5.41) is 10.2. The van der Waals surface area contributed by atoms with Gasteiger partial charge in [-0.05, 0) is 29.2 Å². The van der Waals surface area contributed by atoms with Crippen LogP contribution < -0.4 is 5.32 Å². The highest BCUT2D eigenvalue weighted by Crippen LogP contribution is 2.38. The van der Waals surface area contributed by atoms with E-state index in [1.807, 2.05) is 18.3 Å². The SMILES string of the molecule is CCc1[nH]nc2c1C(c1ccc(-c3cccnc3)cc1)CC(=O)N2. The molecule has 2 N–H and O–H groups in total. The van der Waals surface area contributed by atoms with Gasteiger partial charge in [-0.2, -0.15) is 5.10 Å². The van der Waals surface area contributed by atoms with Crippen LogP contribution in [0, 0.1) is 0 Å². The Hall–Kier alpha value is -2.95. The van der Waals surface area contributed by atoms with Crippen molar-refractivity contribution in [1.29, 1.82) is 0 Å². The summed E-state index contributed by atoms with van der Waals surface area (Å²) in [5.74, 6) is 0.729. The Kier molecular flexibility index (Phi) is 3.61. The first kappa shape index (κ1) is 14.6. The lowest BCUT2D eigenvalue weighted by atomic mass is 9.84. The molecule has 1 atom stereocenters. The number of pyridine rings is 1. The smallest absolute Gasteiger partial charge is 0.226 e. The Balaban J connectivity index is 1.72. The predicted molar refractivity (Wildman–Crippen MR) is 92.7 cm³/mol. The highest BCUT2D eigenvalue weighted by molar-refractivity contribution is 5.94. The quantitative estimate of drug-likeness (QED) is 0.776. The van der Waals surface area contributed by atoms with Gasteiger partial charge in [-0.1, -0.05) is 37.3 Å². The number of rotatable bonds is 3. The van der Waals surface area contributed by atoms with E-state index in [9.17, 15) is 4.79 Å². The number of aromatic amines is 1. The number of H-pyrrole nitrogens is 1. The summed E-state index contributed by atoms with van der Waals surface area (Å²) in [6.45, 7) is 2.09. The van der Waals surface area contributed by atoms with E-state index >= 15 is 0 Å². The van der Waals surface area contributed by atoms with Crippen LogP contribution in [0.5, 0.6) is 0 Å². The fourth-order valence-electron chi connectivity index (χ4n) is 3.32. The van der Waals surface area contributed by atoms with E-state index in [2.05, 4.69) is 51.7 Å². The highest BCUT2D eigenvalue weighted by atomic mass is 16.1. The molecule has 1 amide bonds. The van der Waals surface area contributed by atoms with Crippen molar-refractivity contribution in [1.82, 2.24) is 15.2 Å². The van der Waals surface area contributed by atoms with Crippen LogP contribution in [0.25, 0.3) is 11.1 Å². The summed E-state index contributed by atoms with van der Waals surface area (Å²) in [6, 6.07) is 12.3. The molecule has 5 heteroatoms. The van der Waals surface area contributed by atoms with Gasteiger partial charge >= 0.3 is 0 Å². The summed E-state index contributed by atoms with van der Waals surface area (Å²) in [6.07, 6.45) is 4.94. The number of nitrogens with one attached hydrogen (secondary N) is 2. The maximum absolute atomic E-state index is 12.0. The number of amides is 1. The number of anilines is 1. The molecule has 3 heterocycles.